The maximum Gasteiger partial charge on any atom is 0.275 e. The molecule has 168 valence electrons. The second-order valence-electron chi connectivity index (χ2n) is 7.67. The number of fused-ring (bicyclic) bond motifs is 1. The summed E-state index contributed by atoms with van der Waals surface area (Å²) in [5.41, 5.74) is 4.15. The number of nitrogens with zero attached hydrogens (tertiary/aromatic N) is 6. The lowest BCUT2D eigenvalue weighted by Crippen LogP contribution is -2.37. The largest absolute Gasteiger partial charge is 0.378 e. The molecule has 1 saturated heterocycles. The number of aromatic nitrogens is 4. The molecule has 9 nitrogen and oxygen atoms in total. The summed E-state index contributed by atoms with van der Waals surface area (Å²) in [4.78, 5) is 19.1. The number of hydrogen-bond donors (Lipinski definition) is 2. The number of aryl methyl sites for hydroxylation is 1. The molecule has 0 spiro atoms. The van der Waals surface area contributed by atoms with Crippen LogP contribution >= 0.6 is 15.9 Å². The zero-order valence-electron chi connectivity index (χ0n) is 18.1. The van der Waals surface area contributed by atoms with Crippen molar-refractivity contribution in [2.45, 2.75) is 13.5 Å². The number of anilines is 3. The number of hydrogen-bond acceptors (Lipinski definition) is 8. The lowest BCUT2D eigenvalue weighted by molar-refractivity contribution is 0.122. The van der Waals surface area contributed by atoms with E-state index in [0.717, 1.165) is 32.3 Å². The molecule has 0 saturated carbocycles. The molecule has 0 atom stereocenters. The van der Waals surface area contributed by atoms with E-state index in [9.17, 15) is 0 Å². The van der Waals surface area contributed by atoms with E-state index in [2.05, 4.69) is 68.4 Å². The number of H-pyrrole nitrogens is 1. The molecular weight excluding hydrogens is 484 g/mol. The molecule has 5 rings (SSSR count). The second kappa shape index (κ2) is 9.63. The average Bonchev–Trinajstić information content (AvgIpc) is 3.15. The zero-order chi connectivity index (χ0) is 22.6. The number of azo groups is 1. The van der Waals surface area contributed by atoms with Gasteiger partial charge in [0.15, 0.2) is 0 Å². The highest BCUT2D eigenvalue weighted by molar-refractivity contribution is 9.10. The average molecular weight is 507 g/mol. The van der Waals surface area contributed by atoms with Crippen LogP contribution in [0, 0.1) is 6.92 Å². The number of morpholine rings is 1. The number of nitrogens with one attached hydrogen (secondary N) is 2. The van der Waals surface area contributed by atoms with Crippen LogP contribution in [0.1, 0.15) is 11.3 Å². The lowest BCUT2D eigenvalue weighted by Gasteiger charge is -2.26. The van der Waals surface area contributed by atoms with Crippen molar-refractivity contribution in [3.63, 3.8) is 0 Å². The Morgan fingerprint density at radius 1 is 1.09 bits per heavy atom. The highest BCUT2D eigenvalue weighted by Crippen LogP contribution is 2.24. The van der Waals surface area contributed by atoms with Gasteiger partial charge in [-0.15, -0.1) is 5.11 Å². The Bertz CT molecular complexity index is 1300. The zero-order valence-corrected chi connectivity index (χ0v) is 19.7. The van der Waals surface area contributed by atoms with Gasteiger partial charge in [0.05, 0.1) is 19.8 Å². The monoisotopic (exact) mass is 506 g/mol. The summed E-state index contributed by atoms with van der Waals surface area (Å²) in [7, 11) is 0. The van der Waals surface area contributed by atoms with Crippen LogP contribution in [-0.4, -0.2) is 46.2 Å². The third kappa shape index (κ3) is 5.01. The minimum absolute atomic E-state index is 0.265. The minimum Gasteiger partial charge on any atom is -0.378 e. The highest BCUT2D eigenvalue weighted by Gasteiger charge is 2.17. The molecule has 2 aromatic carbocycles. The first-order valence-corrected chi connectivity index (χ1v) is 11.5. The van der Waals surface area contributed by atoms with Crippen molar-refractivity contribution >= 4 is 50.4 Å². The quantitative estimate of drug-likeness (QED) is 0.344. The summed E-state index contributed by atoms with van der Waals surface area (Å²) in [6.07, 6.45) is 0. The predicted octanol–water partition coefficient (Wildman–Crippen LogP) is 5.29. The van der Waals surface area contributed by atoms with E-state index in [1.54, 1.807) is 0 Å². The molecule has 0 radical (unpaired) electrons. The molecule has 0 aliphatic carbocycles. The normalized spacial score (nSPS) is 14.3. The van der Waals surface area contributed by atoms with E-state index in [0.29, 0.717) is 44.7 Å². The van der Waals surface area contributed by atoms with Crippen molar-refractivity contribution in [2.24, 2.45) is 10.2 Å². The summed E-state index contributed by atoms with van der Waals surface area (Å²) in [5.74, 6) is 1.24. The predicted molar refractivity (Wildman–Crippen MR) is 132 cm³/mol. The van der Waals surface area contributed by atoms with Gasteiger partial charge in [0.2, 0.25) is 11.9 Å². The van der Waals surface area contributed by atoms with E-state index in [4.69, 9.17) is 4.74 Å². The fourth-order valence-corrected chi connectivity index (χ4v) is 4.16. The first-order chi connectivity index (χ1) is 16.2. The first kappa shape index (κ1) is 21.5. The Kier molecular flexibility index (Phi) is 6.27. The Morgan fingerprint density at radius 3 is 2.79 bits per heavy atom. The van der Waals surface area contributed by atoms with E-state index >= 15 is 0 Å². The van der Waals surface area contributed by atoms with Crippen LogP contribution in [0.3, 0.4) is 0 Å². The number of rotatable bonds is 6. The smallest absolute Gasteiger partial charge is 0.275 e. The molecule has 0 unspecified atom stereocenters. The van der Waals surface area contributed by atoms with Crippen LogP contribution in [0.5, 0.6) is 0 Å². The Hall–Kier alpha value is -3.37. The van der Waals surface area contributed by atoms with Gasteiger partial charge in [0.25, 0.3) is 5.95 Å². The van der Waals surface area contributed by atoms with E-state index in [1.807, 2.05) is 43.3 Å². The molecule has 1 aliphatic heterocycles. The van der Waals surface area contributed by atoms with Crippen LogP contribution in [-0.2, 0) is 11.3 Å². The number of benzene rings is 2. The molecule has 1 aliphatic rings. The van der Waals surface area contributed by atoms with Gasteiger partial charge in [-0.05, 0) is 31.2 Å². The molecule has 1 fully saturated rings. The summed E-state index contributed by atoms with van der Waals surface area (Å²) in [6.45, 7) is 5.18. The van der Waals surface area contributed by atoms with Gasteiger partial charge < -0.3 is 19.9 Å². The van der Waals surface area contributed by atoms with Gasteiger partial charge in [-0.25, -0.2) is 0 Å². The Morgan fingerprint density at radius 2 is 1.94 bits per heavy atom. The Balaban J connectivity index is 1.43. The van der Waals surface area contributed by atoms with Gasteiger partial charge in [0.1, 0.15) is 0 Å². The fourth-order valence-electron chi connectivity index (χ4n) is 3.76. The van der Waals surface area contributed by atoms with Crippen molar-refractivity contribution < 1.29 is 4.74 Å². The highest BCUT2D eigenvalue weighted by atomic mass is 79.9. The van der Waals surface area contributed by atoms with Gasteiger partial charge in [0, 0.05) is 45.4 Å². The van der Waals surface area contributed by atoms with E-state index in [-0.39, 0.29) is 5.95 Å². The van der Waals surface area contributed by atoms with Crippen LogP contribution in [0.4, 0.5) is 23.5 Å². The minimum atomic E-state index is 0.265. The SMILES string of the molecule is Cc1[nH]c2ccccc2c1CN=Nc1nc(Nc2cccc(Br)c2)nc(N2CCOCC2)n1. The molecule has 4 aromatic rings. The summed E-state index contributed by atoms with van der Waals surface area (Å²) >= 11 is 3.49. The van der Waals surface area contributed by atoms with Crippen molar-refractivity contribution in [3.05, 3.63) is 64.3 Å². The first-order valence-electron chi connectivity index (χ1n) is 10.7. The van der Waals surface area contributed by atoms with Crippen molar-refractivity contribution in [1.29, 1.82) is 0 Å². The maximum atomic E-state index is 5.46. The number of aromatic amines is 1. The van der Waals surface area contributed by atoms with Crippen LogP contribution in [0.15, 0.2) is 63.2 Å². The summed E-state index contributed by atoms with van der Waals surface area (Å²) < 4.78 is 6.43. The molecule has 33 heavy (non-hydrogen) atoms. The summed E-state index contributed by atoms with van der Waals surface area (Å²) in [5, 5.41) is 13.2. The topological polar surface area (TPSA) is 104 Å². The van der Waals surface area contributed by atoms with Crippen molar-refractivity contribution in [1.82, 2.24) is 19.9 Å². The molecule has 0 bridgehead atoms. The standard InChI is InChI=1S/C23H23BrN8O/c1-15-19(18-7-2-3-8-20(18)26-15)14-25-31-22-28-21(27-17-6-4-5-16(24)13-17)29-23(30-22)32-9-11-33-12-10-32/h2-8,13,26H,9-12,14H2,1H3,(H,27,28,29,30). The third-order valence-electron chi connectivity index (χ3n) is 5.40. The van der Waals surface area contributed by atoms with Crippen LogP contribution in [0.2, 0.25) is 0 Å². The van der Waals surface area contributed by atoms with Crippen molar-refractivity contribution in [3.8, 4) is 0 Å². The number of para-hydroxylation sites is 1. The van der Waals surface area contributed by atoms with Gasteiger partial charge in [-0.1, -0.05) is 40.2 Å². The van der Waals surface area contributed by atoms with E-state index < -0.39 is 0 Å². The van der Waals surface area contributed by atoms with E-state index in [1.165, 1.54) is 0 Å². The summed E-state index contributed by atoms with van der Waals surface area (Å²) in [6, 6.07) is 16.0. The van der Waals surface area contributed by atoms with Gasteiger partial charge >= 0.3 is 0 Å². The molecule has 2 N–H and O–H groups in total. The maximum absolute atomic E-state index is 5.46. The van der Waals surface area contributed by atoms with Crippen molar-refractivity contribution in [2.75, 3.05) is 36.5 Å². The third-order valence-corrected chi connectivity index (χ3v) is 5.90. The number of ether oxygens (including phenoxy) is 1. The van der Waals surface area contributed by atoms with Crippen LogP contribution in [0.25, 0.3) is 10.9 Å². The fraction of sp³-hybridized carbons (Fsp3) is 0.261. The van der Waals surface area contributed by atoms with Gasteiger partial charge in [-0.2, -0.15) is 20.1 Å². The number of halogens is 1. The van der Waals surface area contributed by atoms with Crippen LogP contribution < -0.4 is 10.2 Å². The molecule has 3 heterocycles. The molecular formula is C23H23BrN8O. The molecule has 10 heteroatoms. The lowest BCUT2D eigenvalue weighted by atomic mass is 10.1. The molecule has 0 amide bonds. The second-order valence-corrected chi connectivity index (χ2v) is 8.58. The Labute approximate surface area is 199 Å². The van der Waals surface area contributed by atoms with Gasteiger partial charge in [-0.3, -0.25) is 0 Å². The molecule has 2 aromatic heterocycles.